The van der Waals surface area contributed by atoms with Crippen LogP contribution in [-0.2, 0) is 4.79 Å². The number of nitrogens with one attached hydrogen (secondary N) is 2. The van der Waals surface area contributed by atoms with E-state index in [1.165, 1.54) is 0 Å². The lowest BCUT2D eigenvalue weighted by Gasteiger charge is -2.21. The number of carboxylic acids is 1. The number of H-pyrrole nitrogens is 1. The normalized spacial score (nSPS) is 13.9. The smallest absolute Gasteiger partial charge is 0.333 e. The van der Waals surface area contributed by atoms with E-state index in [4.69, 9.17) is 0 Å². The van der Waals surface area contributed by atoms with Crippen LogP contribution in [0, 0.1) is 13.8 Å². The van der Waals surface area contributed by atoms with Gasteiger partial charge < -0.3 is 15.4 Å². The first-order chi connectivity index (χ1) is 16.0. The van der Waals surface area contributed by atoms with Crippen molar-refractivity contribution in [3.05, 3.63) is 111 Å². The lowest BCUT2D eigenvalue weighted by atomic mass is 9.96. The van der Waals surface area contributed by atoms with Crippen LogP contribution in [0.4, 0.5) is 0 Å². The van der Waals surface area contributed by atoms with E-state index in [9.17, 15) is 14.7 Å². The predicted molar refractivity (Wildman–Crippen MR) is 143 cm³/mol. The lowest BCUT2D eigenvalue weighted by Crippen LogP contribution is -2.22. The van der Waals surface area contributed by atoms with Gasteiger partial charge in [-0.1, -0.05) is 55.2 Å². The summed E-state index contributed by atoms with van der Waals surface area (Å²) in [6, 6.07) is 3.61. The van der Waals surface area contributed by atoms with Gasteiger partial charge in [-0.05, 0) is 70.4 Å². The molecule has 0 aliphatic heterocycles. The van der Waals surface area contributed by atoms with Gasteiger partial charge in [-0.25, -0.2) is 4.79 Å². The number of pyridine rings is 1. The zero-order valence-electron chi connectivity index (χ0n) is 20.9. The minimum Gasteiger partial charge on any atom is -0.478 e. The fourth-order valence-corrected chi connectivity index (χ4v) is 3.73. The van der Waals surface area contributed by atoms with Crippen molar-refractivity contribution in [2.45, 2.75) is 47.6 Å². The van der Waals surface area contributed by atoms with E-state index >= 15 is 0 Å². The van der Waals surface area contributed by atoms with E-state index in [1.807, 2.05) is 65.0 Å². The standard InChI is InChI=1S/C29H34N2O3/c1-9-11-12-22(10-2)26-20(7)28(32)24-16-18(5)15-23(27(24)31-26)21(8)30-25(14-13-17(3)4)19(6)29(33)34/h9-16,21,30H,1,3H2,2,4-8H3,(H,31,32)(H,33,34)/b12-11-,14-13-,22-10+,25-19-. The summed E-state index contributed by atoms with van der Waals surface area (Å²) in [5.41, 5.74) is 6.25. The molecule has 0 fully saturated rings. The molecule has 178 valence electrons. The first kappa shape index (κ1) is 26.4. The highest BCUT2D eigenvalue weighted by atomic mass is 16.4. The van der Waals surface area contributed by atoms with Crippen LogP contribution in [0.1, 0.15) is 56.1 Å². The third-order valence-electron chi connectivity index (χ3n) is 5.63. The second-order valence-corrected chi connectivity index (χ2v) is 8.46. The number of allylic oxidation sites excluding steroid dienone is 8. The quantitative estimate of drug-likeness (QED) is 0.299. The third kappa shape index (κ3) is 5.93. The Bertz CT molecular complexity index is 1320. The number of aliphatic carboxylic acids is 1. The molecule has 1 unspecified atom stereocenters. The zero-order chi connectivity index (χ0) is 25.6. The molecule has 0 spiro atoms. The summed E-state index contributed by atoms with van der Waals surface area (Å²) < 4.78 is 0. The topological polar surface area (TPSA) is 82.2 Å². The van der Waals surface area contributed by atoms with Crippen molar-refractivity contribution in [2.75, 3.05) is 0 Å². The Hall–Kier alpha value is -3.86. The van der Waals surface area contributed by atoms with Crippen molar-refractivity contribution in [3.63, 3.8) is 0 Å². The van der Waals surface area contributed by atoms with Crippen LogP contribution >= 0.6 is 0 Å². The summed E-state index contributed by atoms with van der Waals surface area (Å²) in [4.78, 5) is 28.5. The maximum Gasteiger partial charge on any atom is 0.333 e. The van der Waals surface area contributed by atoms with Gasteiger partial charge in [0, 0.05) is 16.6 Å². The maximum atomic E-state index is 13.3. The highest BCUT2D eigenvalue weighted by Crippen LogP contribution is 2.27. The fraction of sp³-hybridized carbons (Fsp3) is 0.241. The van der Waals surface area contributed by atoms with Gasteiger partial charge >= 0.3 is 5.97 Å². The molecule has 0 radical (unpaired) electrons. The average Bonchev–Trinajstić information content (AvgIpc) is 2.79. The van der Waals surface area contributed by atoms with Crippen molar-refractivity contribution in [1.82, 2.24) is 10.3 Å². The molecule has 0 saturated carbocycles. The number of aromatic nitrogens is 1. The van der Waals surface area contributed by atoms with Crippen LogP contribution in [-0.4, -0.2) is 16.1 Å². The Balaban J connectivity index is 2.76. The molecule has 5 nitrogen and oxygen atoms in total. The molecule has 1 aromatic heterocycles. The highest BCUT2D eigenvalue weighted by Gasteiger charge is 2.18. The lowest BCUT2D eigenvalue weighted by molar-refractivity contribution is -0.132. The Morgan fingerprint density at radius 1 is 1.18 bits per heavy atom. The second kappa shape index (κ2) is 11.3. The molecule has 1 atom stereocenters. The van der Waals surface area contributed by atoms with Gasteiger partial charge in [0.05, 0.1) is 22.8 Å². The Kier molecular flexibility index (Phi) is 8.79. The number of carboxylic acid groups (broad SMARTS) is 1. The van der Waals surface area contributed by atoms with Gasteiger partial charge in [0.15, 0.2) is 5.43 Å². The van der Waals surface area contributed by atoms with Crippen LogP contribution in [0.3, 0.4) is 0 Å². The Morgan fingerprint density at radius 2 is 1.85 bits per heavy atom. The summed E-state index contributed by atoms with van der Waals surface area (Å²) in [6.07, 6.45) is 10.9. The second-order valence-electron chi connectivity index (χ2n) is 8.46. The summed E-state index contributed by atoms with van der Waals surface area (Å²) in [5.74, 6) is -1.01. The number of hydrogen-bond donors (Lipinski definition) is 3. The van der Waals surface area contributed by atoms with E-state index in [0.717, 1.165) is 33.5 Å². The van der Waals surface area contributed by atoms with Gasteiger partial charge in [-0.2, -0.15) is 0 Å². The van der Waals surface area contributed by atoms with Crippen molar-refractivity contribution >= 4 is 22.4 Å². The molecule has 0 bridgehead atoms. The van der Waals surface area contributed by atoms with Crippen LogP contribution in [0.15, 0.2) is 83.4 Å². The molecule has 0 saturated heterocycles. The zero-order valence-corrected chi connectivity index (χ0v) is 20.9. The number of aryl methyl sites for hydroxylation is 1. The van der Waals surface area contributed by atoms with E-state index in [2.05, 4.69) is 23.5 Å². The number of rotatable bonds is 9. The summed E-state index contributed by atoms with van der Waals surface area (Å²) in [7, 11) is 0. The molecule has 5 heteroatoms. The van der Waals surface area contributed by atoms with Crippen LogP contribution in [0.25, 0.3) is 16.5 Å². The number of hydrogen-bond acceptors (Lipinski definition) is 3. The largest absolute Gasteiger partial charge is 0.478 e. The SMILES string of the molecule is C=C/C=C\C(=C/C)c1[nH]c2c(C(C)NC(/C=C\C(=C)C)=C(/C)C(=O)O)cc(C)cc2c(=O)c1C. The van der Waals surface area contributed by atoms with E-state index in [0.29, 0.717) is 16.6 Å². The molecular weight excluding hydrogens is 424 g/mol. The Labute approximate surface area is 201 Å². The molecule has 2 aromatic rings. The number of benzene rings is 1. The van der Waals surface area contributed by atoms with Crippen LogP contribution < -0.4 is 10.7 Å². The molecule has 3 N–H and O–H groups in total. The van der Waals surface area contributed by atoms with Crippen molar-refractivity contribution in [2.24, 2.45) is 0 Å². The van der Waals surface area contributed by atoms with Gasteiger partial charge in [0.25, 0.3) is 0 Å². The van der Waals surface area contributed by atoms with Crippen molar-refractivity contribution < 1.29 is 9.90 Å². The molecule has 1 heterocycles. The highest BCUT2D eigenvalue weighted by molar-refractivity contribution is 5.88. The van der Waals surface area contributed by atoms with E-state index in [1.54, 1.807) is 25.2 Å². The van der Waals surface area contributed by atoms with E-state index < -0.39 is 5.97 Å². The summed E-state index contributed by atoms with van der Waals surface area (Å²) >= 11 is 0. The minimum atomic E-state index is -1.01. The van der Waals surface area contributed by atoms with Gasteiger partial charge in [0.1, 0.15) is 0 Å². The Morgan fingerprint density at radius 3 is 2.41 bits per heavy atom. The number of carbonyl (C=O) groups is 1. The van der Waals surface area contributed by atoms with Crippen LogP contribution in [0.2, 0.25) is 0 Å². The average molecular weight is 459 g/mol. The molecule has 34 heavy (non-hydrogen) atoms. The molecule has 1 aromatic carbocycles. The first-order valence-electron chi connectivity index (χ1n) is 11.2. The predicted octanol–water partition coefficient (Wildman–Crippen LogP) is 6.43. The van der Waals surface area contributed by atoms with E-state index in [-0.39, 0.29) is 17.0 Å². The number of fused-ring (bicyclic) bond motifs is 1. The fourth-order valence-electron chi connectivity index (χ4n) is 3.73. The van der Waals surface area contributed by atoms with Gasteiger partial charge in [0.2, 0.25) is 0 Å². The van der Waals surface area contributed by atoms with Crippen molar-refractivity contribution in [1.29, 1.82) is 0 Å². The molecule has 0 aliphatic carbocycles. The van der Waals surface area contributed by atoms with Gasteiger partial charge in [-0.15, -0.1) is 0 Å². The molecule has 0 amide bonds. The van der Waals surface area contributed by atoms with Crippen LogP contribution in [0.5, 0.6) is 0 Å². The monoisotopic (exact) mass is 458 g/mol. The minimum absolute atomic E-state index is 0.0353. The molecule has 0 aliphatic rings. The maximum absolute atomic E-state index is 13.3. The first-order valence-corrected chi connectivity index (χ1v) is 11.2. The molecular formula is C29H34N2O3. The number of aromatic amines is 1. The molecule has 2 rings (SSSR count). The third-order valence-corrected chi connectivity index (χ3v) is 5.63. The summed E-state index contributed by atoms with van der Waals surface area (Å²) in [5, 5.41) is 13.5. The summed E-state index contributed by atoms with van der Waals surface area (Å²) in [6.45, 7) is 18.6. The van der Waals surface area contributed by atoms with Crippen molar-refractivity contribution in [3.8, 4) is 0 Å². The van der Waals surface area contributed by atoms with Gasteiger partial charge in [-0.3, -0.25) is 4.79 Å².